The summed E-state index contributed by atoms with van der Waals surface area (Å²) in [4.78, 5) is 8.37. The highest BCUT2D eigenvalue weighted by atomic mass is 16.5. The number of hydrogen-bond donors (Lipinski definition) is 1. The fourth-order valence-corrected chi connectivity index (χ4v) is 1.97. The Morgan fingerprint density at radius 2 is 1.95 bits per heavy atom. The molecular formula is C16H21N3O2. The molecule has 5 heteroatoms. The molecule has 112 valence electrons. The summed E-state index contributed by atoms with van der Waals surface area (Å²) in [6, 6.07) is 7.53. The molecular weight excluding hydrogens is 266 g/mol. The number of ether oxygens (including phenoxy) is 2. The van der Waals surface area contributed by atoms with Crippen LogP contribution in [-0.2, 0) is 13.0 Å². The third-order valence-electron chi connectivity index (χ3n) is 2.96. The van der Waals surface area contributed by atoms with Gasteiger partial charge in [-0.3, -0.25) is 0 Å². The fourth-order valence-electron chi connectivity index (χ4n) is 1.97. The van der Waals surface area contributed by atoms with Crippen LogP contribution in [0.5, 0.6) is 17.4 Å². The van der Waals surface area contributed by atoms with E-state index >= 15 is 0 Å². The van der Waals surface area contributed by atoms with Crippen LogP contribution in [0.15, 0.2) is 30.6 Å². The van der Waals surface area contributed by atoms with Crippen molar-refractivity contribution < 1.29 is 9.47 Å². The van der Waals surface area contributed by atoms with Crippen molar-refractivity contribution in [3.05, 3.63) is 41.9 Å². The predicted octanol–water partition coefficient (Wildman–Crippen LogP) is 3.08. The third kappa shape index (κ3) is 4.16. The molecule has 1 heterocycles. The monoisotopic (exact) mass is 287 g/mol. The molecule has 0 spiro atoms. The van der Waals surface area contributed by atoms with Crippen LogP contribution in [-0.4, -0.2) is 16.6 Å². The molecule has 0 unspecified atom stereocenters. The van der Waals surface area contributed by atoms with E-state index in [1.165, 1.54) is 6.33 Å². The molecule has 0 aliphatic carbocycles. The normalized spacial score (nSPS) is 10.4. The Kier molecular flexibility index (Phi) is 5.51. The zero-order chi connectivity index (χ0) is 15.1. The predicted molar refractivity (Wildman–Crippen MR) is 81.6 cm³/mol. The molecule has 2 rings (SSSR count). The molecule has 0 aliphatic heterocycles. The zero-order valence-corrected chi connectivity index (χ0v) is 12.5. The van der Waals surface area contributed by atoms with Crippen molar-refractivity contribution >= 4 is 0 Å². The number of hydrogen-bond acceptors (Lipinski definition) is 5. The van der Waals surface area contributed by atoms with Gasteiger partial charge in [-0.2, -0.15) is 0 Å². The maximum Gasteiger partial charge on any atom is 0.222 e. The Morgan fingerprint density at radius 3 is 2.67 bits per heavy atom. The van der Waals surface area contributed by atoms with E-state index in [4.69, 9.17) is 15.2 Å². The highest BCUT2D eigenvalue weighted by molar-refractivity contribution is 5.44. The van der Waals surface area contributed by atoms with Crippen molar-refractivity contribution in [1.82, 2.24) is 9.97 Å². The van der Waals surface area contributed by atoms with Crippen LogP contribution < -0.4 is 15.2 Å². The second-order valence-electron chi connectivity index (χ2n) is 4.62. The molecule has 2 N–H and O–H groups in total. The van der Waals surface area contributed by atoms with Gasteiger partial charge in [-0.25, -0.2) is 9.97 Å². The van der Waals surface area contributed by atoms with Crippen molar-refractivity contribution in [2.45, 2.75) is 33.2 Å². The SMILES string of the molecule is CCCc1cc(Oc2ccc(CN)cc2OCC)ncn1. The van der Waals surface area contributed by atoms with Crippen molar-refractivity contribution in [3.63, 3.8) is 0 Å². The van der Waals surface area contributed by atoms with E-state index in [2.05, 4.69) is 16.9 Å². The van der Waals surface area contributed by atoms with Crippen LogP contribution in [0.3, 0.4) is 0 Å². The first-order chi connectivity index (χ1) is 10.3. The van der Waals surface area contributed by atoms with Crippen molar-refractivity contribution in [1.29, 1.82) is 0 Å². The molecule has 1 aromatic carbocycles. The Hall–Kier alpha value is -2.14. The first-order valence-electron chi connectivity index (χ1n) is 7.21. The lowest BCUT2D eigenvalue weighted by Crippen LogP contribution is -2.01. The number of nitrogens with two attached hydrogens (primary N) is 1. The molecule has 0 fully saturated rings. The quantitative estimate of drug-likeness (QED) is 0.847. The van der Waals surface area contributed by atoms with Crippen molar-refractivity contribution in [2.75, 3.05) is 6.61 Å². The molecule has 0 saturated carbocycles. The van der Waals surface area contributed by atoms with E-state index in [9.17, 15) is 0 Å². The van der Waals surface area contributed by atoms with Gasteiger partial charge in [0.15, 0.2) is 11.5 Å². The van der Waals surface area contributed by atoms with E-state index in [1.807, 2.05) is 31.2 Å². The van der Waals surface area contributed by atoms with Crippen LogP contribution in [0.25, 0.3) is 0 Å². The van der Waals surface area contributed by atoms with E-state index < -0.39 is 0 Å². The van der Waals surface area contributed by atoms with Gasteiger partial charge in [-0.15, -0.1) is 0 Å². The summed E-state index contributed by atoms with van der Waals surface area (Å²) >= 11 is 0. The fraction of sp³-hybridized carbons (Fsp3) is 0.375. The summed E-state index contributed by atoms with van der Waals surface area (Å²) in [6.45, 7) is 5.08. The van der Waals surface area contributed by atoms with Gasteiger partial charge in [0, 0.05) is 18.3 Å². The van der Waals surface area contributed by atoms with Crippen LogP contribution in [0.1, 0.15) is 31.5 Å². The summed E-state index contributed by atoms with van der Waals surface area (Å²) in [5.41, 5.74) is 7.63. The van der Waals surface area contributed by atoms with Crippen LogP contribution in [0.2, 0.25) is 0 Å². The van der Waals surface area contributed by atoms with Gasteiger partial charge >= 0.3 is 0 Å². The summed E-state index contributed by atoms with van der Waals surface area (Å²) in [7, 11) is 0. The molecule has 0 saturated heterocycles. The zero-order valence-electron chi connectivity index (χ0n) is 12.5. The van der Waals surface area contributed by atoms with Gasteiger partial charge in [0.05, 0.1) is 6.61 Å². The average molecular weight is 287 g/mol. The minimum Gasteiger partial charge on any atom is -0.490 e. The van der Waals surface area contributed by atoms with Gasteiger partial charge in [0.2, 0.25) is 5.88 Å². The molecule has 0 bridgehead atoms. The second-order valence-corrected chi connectivity index (χ2v) is 4.62. The van der Waals surface area contributed by atoms with Gasteiger partial charge in [-0.05, 0) is 31.0 Å². The summed E-state index contributed by atoms with van der Waals surface area (Å²) in [6.07, 6.45) is 3.46. The molecule has 0 atom stereocenters. The number of rotatable bonds is 7. The minimum atomic E-state index is 0.467. The van der Waals surface area contributed by atoms with Gasteiger partial charge < -0.3 is 15.2 Å². The lowest BCUT2D eigenvalue weighted by molar-refractivity contribution is 0.319. The summed E-state index contributed by atoms with van der Waals surface area (Å²) < 4.78 is 11.4. The van der Waals surface area contributed by atoms with Gasteiger partial charge in [0.1, 0.15) is 6.33 Å². The van der Waals surface area contributed by atoms with Crippen LogP contribution >= 0.6 is 0 Å². The summed E-state index contributed by atoms with van der Waals surface area (Å²) in [5.74, 6) is 1.83. The maximum absolute atomic E-state index is 5.83. The minimum absolute atomic E-state index is 0.467. The Balaban J connectivity index is 2.23. The van der Waals surface area contributed by atoms with E-state index in [1.54, 1.807) is 0 Å². The van der Waals surface area contributed by atoms with Gasteiger partial charge in [0.25, 0.3) is 0 Å². The Labute approximate surface area is 125 Å². The smallest absolute Gasteiger partial charge is 0.222 e. The standard InChI is InChI=1S/C16H21N3O2/c1-3-5-13-9-16(19-11-18-13)21-14-7-6-12(10-17)8-15(14)20-4-2/h6-9,11H,3-5,10,17H2,1-2H3. The number of benzene rings is 1. The third-order valence-corrected chi connectivity index (χ3v) is 2.96. The maximum atomic E-state index is 5.83. The van der Waals surface area contributed by atoms with Crippen molar-refractivity contribution in [3.8, 4) is 17.4 Å². The lowest BCUT2D eigenvalue weighted by atomic mass is 10.2. The first kappa shape index (κ1) is 15.3. The highest BCUT2D eigenvalue weighted by Crippen LogP contribution is 2.32. The van der Waals surface area contributed by atoms with Gasteiger partial charge in [-0.1, -0.05) is 19.4 Å². The van der Waals surface area contributed by atoms with E-state index in [0.717, 1.165) is 24.1 Å². The Morgan fingerprint density at radius 1 is 1.10 bits per heavy atom. The van der Waals surface area contributed by atoms with Crippen LogP contribution in [0, 0.1) is 0 Å². The van der Waals surface area contributed by atoms with Crippen LogP contribution in [0.4, 0.5) is 0 Å². The molecule has 0 aliphatic rings. The molecule has 2 aromatic rings. The van der Waals surface area contributed by atoms with E-state index in [0.29, 0.717) is 30.5 Å². The second kappa shape index (κ2) is 7.59. The van der Waals surface area contributed by atoms with E-state index in [-0.39, 0.29) is 0 Å². The molecule has 0 amide bonds. The highest BCUT2D eigenvalue weighted by Gasteiger charge is 2.09. The van der Waals surface area contributed by atoms with Crippen molar-refractivity contribution in [2.24, 2.45) is 5.73 Å². The molecule has 21 heavy (non-hydrogen) atoms. The molecule has 0 radical (unpaired) electrons. The number of nitrogens with zero attached hydrogens (tertiary/aromatic N) is 2. The Bertz CT molecular complexity index is 587. The first-order valence-corrected chi connectivity index (χ1v) is 7.21. The lowest BCUT2D eigenvalue weighted by Gasteiger charge is -2.12. The molecule has 5 nitrogen and oxygen atoms in total. The topological polar surface area (TPSA) is 70.3 Å². The molecule has 1 aromatic heterocycles. The average Bonchev–Trinajstić information content (AvgIpc) is 2.50. The number of aryl methyl sites for hydroxylation is 1. The number of aromatic nitrogens is 2. The summed E-state index contributed by atoms with van der Waals surface area (Å²) in [5, 5.41) is 0. The largest absolute Gasteiger partial charge is 0.490 e.